The van der Waals surface area contributed by atoms with Gasteiger partial charge in [0.2, 0.25) is 5.91 Å². The summed E-state index contributed by atoms with van der Waals surface area (Å²) in [6.07, 6.45) is 7.30. The Kier molecular flexibility index (Phi) is 4.18. The molecule has 4 heteroatoms. The minimum absolute atomic E-state index is 0.0295. The Hall–Kier alpha value is -0.610. The second-order valence-corrected chi connectivity index (χ2v) is 4.91. The van der Waals surface area contributed by atoms with Crippen LogP contribution in [0.1, 0.15) is 38.5 Å². The molecule has 1 unspecified atom stereocenters. The van der Waals surface area contributed by atoms with E-state index in [1.165, 1.54) is 32.1 Å². The van der Waals surface area contributed by atoms with E-state index in [4.69, 9.17) is 5.73 Å². The second kappa shape index (κ2) is 5.64. The molecule has 3 N–H and O–H groups in total. The first-order valence-electron chi connectivity index (χ1n) is 6.56. The lowest BCUT2D eigenvalue weighted by Crippen LogP contribution is -2.59. The third-order valence-corrected chi connectivity index (χ3v) is 3.86. The zero-order chi connectivity index (χ0) is 11.4. The number of nitrogens with one attached hydrogen (secondary N) is 1. The average molecular weight is 225 g/mol. The Morgan fingerprint density at radius 1 is 1.31 bits per heavy atom. The Balaban J connectivity index is 2.00. The summed E-state index contributed by atoms with van der Waals surface area (Å²) in [7, 11) is 0. The largest absolute Gasteiger partial charge is 0.353 e. The van der Waals surface area contributed by atoms with Gasteiger partial charge >= 0.3 is 0 Å². The molecule has 2 fully saturated rings. The van der Waals surface area contributed by atoms with Gasteiger partial charge in [0.1, 0.15) is 0 Å². The van der Waals surface area contributed by atoms with Gasteiger partial charge in [-0.15, -0.1) is 0 Å². The zero-order valence-corrected chi connectivity index (χ0v) is 9.95. The molecule has 2 aliphatic rings. The van der Waals surface area contributed by atoms with Crippen molar-refractivity contribution in [2.24, 2.45) is 5.73 Å². The Labute approximate surface area is 97.6 Å². The van der Waals surface area contributed by atoms with E-state index < -0.39 is 0 Å². The van der Waals surface area contributed by atoms with E-state index in [1.807, 2.05) is 0 Å². The van der Waals surface area contributed by atoms with Gasteiger partial charge in [0.15, 0.2) is 0 Å². The number of piperazine rings is 1. The predicted molar refractivity (Wildman–Crippen MR) is 64.0 cm³/mol. The fraction of sp³-hybridized carbons (Fsp3) is 0.917. The molecule has 1 atom stereocenters. The Morgan fingerprint density at radius 3 is 2.75 bits per heavy atom. The van der Waals surface area contributed by atoms with Crippen LogP contribution in [0.5, 0.6) is 0 Å². The van der Waals surface area contributed by atoms with Crippen LogP contribution in [-0.4, -0.2) is 42.5 Å². The Morgan fingerprint density at radius 2 is 2.06 bits per heavy atom. The molecular weight excluding hydrogens is 202 g/mol. The average Bonchev–Trinajstić information content (AvgIpc) is 2.33. The maximum atomic E-state index is 11.8. The normalized spacial score (nSPS) is 29.1. The van der Waals surface area contributed by atoms with Gasteiger partial charge in [0, 0.05) is 19.1 Å². The van der Waals surface area contributed by atoms with Gasteiger partial charge in [-0.25, -0.2) is 0 Å². The molecule has 1 saturated carbocycles. The summed E-state index contributed by atoms with van der Waals surface area (Å²) >= 11 is 0. The topological polar surface area (TPSA) is 58.4 Å². The molecule has 16 heavy (non-hydrogen) atoms. The molecule has 92 valence electrons. The molecule has 0 radical (unpaired) electrons. The van der Waals surface area contributed by atoms with Crippen molar-refractivity contribution in [2.75, 3.05) is 19.6 Å². The monoisotopic (exact) mass is 225 g/mol. The van der Waals surface area contributed by atoms with Crippen LogP contribution in [0.4, 0.5) is 0 Å². The maximum Gasteiger partial charge on any atom is 0.237 e. The van der Waals surface area contributed by atoms with Crippen LogP contribution in [0.25, 0.3) is 0 Å². The molecule has 0 aromatic heterocycles. The molecule has 4 nitrogen and oxygen atoms in total. The van der Waals surface area contributed by atoms with Gasteiger partial charge in [-0.3, -0.25) is 9.69 Å². The highest BCUT2D eigenvalue weighted by Gasteiger charge is 2.33. The molecular formula is C12H23N3O. The molecule has 1 heterocycles. The first kappa shape index (κ1) is 11.9. The van der Waals surface area contributed by atoms with Crippen molar-refractivity contribution < 1.29 is 4.79 Å². The van der Waals surface area contributed by atoms with E-state index in [1.54, 1.807) is 0 Å². The number of hydrogen-bond acceptors (Lipinski definition) is 3. The van der Waals surface area contributed by atoms with Crippen molar-refractivity contribution in [1.29, 1.82) is 0 Å². The highest BCUT2D eigenvalue weighted by molar-refractivity contribution is 5.82. The molecule has 2 rings (SSSR count). The van der Waals surface area contributed by atoms with Gasteiger partial charge in [-0.05, 0) is 25.8 Å². The molecule has 1 saturated heterocycles. The summed E-state index contributed by atoms with van der Waals surface area (Å²) in [5, 5.41) is 2.95. The van der Waals surface area contributed by atoms with Crippen LogP contribution in [0, 0.1) is 0 Å². The van der Waals surface area contributed by atoms with E-state index in [0.29, 0.717) is 12.6 Å². The first-order valence-corrected chi connectivity index (χ1v) is 6.56. The third kappa shape index (κ3) is 2.55. The van der Waals surface area contributed by atoms with Crippen LogP contribution in [-0.2, 0) is 4.79 Å². The number of rotatable bonds is 3. The third-order valence-electron chi connectivity index (χ3n) is 3.86. The number of nitrogens with two attached hydrogens (primary N) is 1. The predicted octanol–water partition coefficient (Wildman–Crippen LogP) is 0.468. The van der Waals surface area contributed by atoms with Crippen LogP contribution in [0.3, 0.4) is 0 Å². The van der Waals surface area contributed by atoms with E-state index in [-0.39, 0.29) is 11.9 Å². The molecule has 0 aromatic carbocycles. The van der Waals surface area contributed by atoms with Gasteiger partial charge in [0.25, 0.3) is 0 Å². The van der Waals surface area contributed by atoms with Crippen LogP contribution in [0.2, 0.25) is 0 Å². The van der Waals surface area contributed by atoms with Crippen molar-refractivity contribution in [3.05, 3.63) is 0 Å². The van der Waals surface area contributed by atoms with Gasteiger partial charge in [0.05, 0.1) is 6.04 Å². The first-order chi connectivity index (χ1) is 7.83. The van der Waals surface area contributed by atoms with Crippen LogP contribution < -0.4 is 11.1 Å². The fourth-order valence-electron chi connectivity index (χ4n) is 3.04. The van der Waals surface area contributed by atoms with E-state index in [0.717, 1.165) is 19.5 Å². The number of amides is 1. The molecule has 1 aliphatic carbocycles. The Bertz CT molecular complexity index is 238. The summed E-state index contributed by atoms with van der Waals surface area (Å²) in [4.78, 5) is 14.2. The van der Waals surface area contributed by atoms with Crippen molar-refractivity contribution in [3.8, 4) is 0 Å². The second-order valence-electron chi connectivity index (χ2n) is 4.91. The highest BCUT2D eigenvalue weighted by Crippen LogP contribution is 2.25. The van der Waals surface area contributed by atoms with Gasteiger partial charge in [-0.2, -0.15) is 0 Å². The quantitative estimate of drug-likeness (QED) is 0.734. The molecule has 0 bridgehead atoms. The number of carbonyl (C=O) groups excluding carboxylic acids is 1. The van der Waals surface area contributed by atoms with Crippen molar-refractivity contribution >= 4 is 5.91 Å². The van der Waals surface area contributed by atoms with Crippen molar-refractivity contribution in [2.45, 2.75) is 50.6 Å². The van der Waals surface area contributed by atoms with Gasteiger partial charge in [-0.1, -0.05) is 19.3 Å². The molecule has 1 amide bonds. The standard InChI is InChI=1S/C12H23N3O/c13-7-6-11-12(16)14-8-9-15(11)10-4-2-1-3-5-10/h10-11H,1-9,13H2,(H,14,16). The van der Waals surface area contributed by atoms with Crippen molar-refractivity contribution in [1.82, 2.24) is 10.2 Å². The lowest BCUT2D eigenvalue weighted by Gasteiger charge is -2.42. The smallest absolute Gasteiger partial charge is 0.237 e. The summed E-state index contributed by atoms with van der Waals surface area (Å²) in [5.74, 6) is 0.183. The van der Waals surface area contributed by atoms with Gasteiger partial charge < -0.3 is 11.1 Å². The van der Waals surface area contributed by atoms with Crippen LogP contribution in [0.15, 0.2) is 0 Å². The van der Waals surface area contributed by atoms with E-state index in [2.05, 4.69) is 10.2 Å². The number of hydrogen-bond donors (Lipinski definition) is 2. The summed E-state index contributed by atoms with van der Waals surface area (Å²) in [6, 6.07) is 0.651. The van der Waals surface area contributed by atoms with Crippen molar-refractivity contribution in [3.63, 3.8) is 0 Å². The van der Waals surface area contributed by atoms with Crippen LogP contribution >= 0.6 is 0 Å². The molecule has 0 aromatic rings. The summed E-state index contributed by atoms with van der Waals surface area (Å²) in [6.45, 7) is 2.40. The maximum absolute atomic E-state index is 11.8. The number of carbonyl (C=O) groups is 1. The minimum atomic E-state index is 0.0295. The lowest BCUT2D eigenvalue weighted by atomic mass is 9.92. The SMILES string of the molecule is NCCC1C(=O)NCCN1C1CCCCC1. The molecule has 0 spiro atoms. The highest BCUT2D eigenvalue weighted by atomic mass is 16.2. The fourth-order valence-corrected chi connectivity index (χ4v) is 3.04. The molecule has 1 aliphatic heterocycles. The zero-order valence-electron chi connectivity index (χ0n) is 9.95. The summed E-state index contributed by atoms with van der Waals surface area (Å²) < 4.78 is 0. The summed E-state index contributed by atoms with van der Waals surface area (Å²) in [5.41, 5.74) is 5.61. The minimum Gasteiger partial charge on any atom is -0.353 e. The number of nitrogens with zero attached hydrogens (tertiary/aromatic N) is 1. The van der Waals surface area contributed by atoms with E-state index >= 15 is 0 Å². The van der Waals surface area contributed by atoms with E-state index in [9.17, 15) is 4.79 Å². The lowest BCUT2D eigenvalue weighted by molar-refractivity contribution is -0.130.